The van der Waals surface area contributed by atoms with Crippen LogP contribution in [0, 0.1) is 5.41 Å². The van der Waals surface area contributed by atoms with Gasteiger partial charge in [-0.05, 0) is 38.3 Å². The average Bonchev–Trinajstić information content (AvgIpc) is 2.37. The van der Waals surface area contributed by atoms with E-state index in [9.17, 15) is 0 Å². The first-order valence-corrected chi connectivity index (χ1v) is 7.35. The van der Waals surface area contributed by atoms with Gasteiger partial charge in [-0.3, -0.25) is 4.90 Å². The maximum atomic E-state index is 5.87. The van der Waals surface area contributed by atoms with Crippen molar-refractivity contribution in [3.05, 3.63) is 29.0 Å². The molecule has 0 N–H and O–H groups in total. The average molecular weight is 281 g/mol. The van der Waals surface area contributed by atoms with Crippen molar-refractivity contribution in [1.82, 2.24) is 9.88 Å². The molecule has 104 valence electrons. The molecule has 2 saturated heterocycles. The fourth-order valence-corrected chi connectivity index (χ4v) is 3.31. The molecular weight excluding hydrogens is 260 g/mol. The lowest BCUT2D eigenvalue weighted by Crippen LogP contribution is -2.63. The summed E-state index contributed by atoms with van der Waals surface area (Å²) in [6.45, 7) is 8.74. The minimum absolute atomic E-state index is 0.0289. The van der Waals surface area contributed by atoms with E-state index in [-0.39, 0.29) is 5.54 Å². The first-order valence-electron chi connectivity index (χ1n) is 6.97. The number of hydrogen-bond acceptors (Lipinski definition) is 3. The molecule has 3 nitrogen and oxygen atoms in total. The highest BCUT2D eigenvalue weighted by atomic mass is 35.5. The molecule has 3 rings (SSSR count). The zero-order valence-corrected chi connectivity index (χ0v) is 12.4. The fourth-order valence-electron chi connectivity index (χ4n) is 3.20. The van der Waals surface area contributed by atoms with Crippen molar-refractivity contribution in [3.63, 3.8) is 0 Å². The molecule has 2 aliphatic heterocycles. The molecule has 0 amide bonds. The Morgan fingerprint density at radius 3 is 2.53 bits per heavy atom. The molecule has 0 saturated carbocycles. The Morgan fingerprint density at radius 1 is 1.26 bits per heavy atom. The van der Waals surface area contributed by atoms with Crippen LogP contribution in [0.25, 0.3) is 0 Å². The van der Waals surface area contributed by atoms with E-state index < -0.39 is 0 Å². The Kier molecular flexibility index (Phi) is 3.32. The van der Waals surface area contributed by atoms with Crippen LogP contribution in [-0.2, 0) is 10.3 Å². The Bertz CT molecular complexity index is 444. The molecule has 0 atom stereocenters. The van der Waals surface area contributed by atoms with Crippen LogP contribution >= 0.6 is 11.6 Å². The molecule has 19 heavy (non-hydrogen) atoms. The highest BCUT2D eigenvalue weighted by Crippen LogP contribution is 2.45. The molecule has 0 radical (unpaired) electrons. The van der Waals surface area contributed by atoms with Gasteiger partial charge in [0.05, 0.1) is 0 Å². The largest absolute Gasteiger partial charge is 0.381 e. The van der Waals surface area contributed by atoms with E-state index in [4.69, 9.17) is 16.3 Å². The van der Waals surface area contributed by atoms with Crippen molar-refractivity contribution in [2.45, 2.75) is 32.2 Å². The van der Waals surface area contributed by atoms with Crippen molar-refractivity contribution >= 4 is 11.6 Å². The SMILES string of the molecule is CC(C)(c1ccc(Cl)nc1)N1CC2(CCOCC2)C1. The topological polar surface area (TPSA) is 25.4 Å². The predicted octanol–water partition coefficient (Wildman–Crippen LogP) is 3.08. The van der Waals surface area contributed by atoms with E-state index in [0.717, 1.165) is 13.2 Å². The first-order chi connectivity index (χ1) is 9.02. The third kappa shape index (κ3) is 2.39. The molecule has 1 spiro atoms. The Labute approximate surface area is 119 Å². The van der Waals surface area contributed by atoms with E-state index >= 15 is 0 Å². The summed E-state index contributed by atoms with van der Waals surface area (Å²) in [7, 11) is 0. The number of aromatic nitrogens is 1. The number of likely N-dealkylation sites (tertiary alicyclic amines) is 1. The van der Waals surface area contributed by atoms with Crippen molar-refractivity contribution in [1.29, 1.82) is 0 Å². The fraction of sp³-hybridized carbons (Fsp3) is 0.667. The highest BCUT2D eigenvalue weighted by molar-refractivity contribution is 6.29. The summed E-state index contributed by atoms with van der Waals surface area (Å²) in [5, 5.41) is 0.559. The third-order valence-corrected chi connectivity index (χ3v) is 5.05. The summed E-state index contributed by atoms with van der Waals surface area (Å²) in [4.78, 5) is 6.75. The zero-order chi connectivity index (χ0) is 13.5. The maximum absolute atomic E-state index is 5.87. The van der Waals surface area contributed by atoms with Crippen LogP contribution in [0.3, 0.4) is 0 Å². The van der Waals surface area contributed by atoms with Gasteiger partial charge in [0.1, 0.15) is 5.15 Å². The van der Waals surface area contributed by atoms with Gasteiger partial charge in [0.2, 0.25) is 0 Å². The maximum Gasteiger partial charge on any atom is 0.129 e. The molecular formula is C15H21ClN2O. The second-order valence-corrected chi connectivity index (χ2v) is 6.78. The van der Waals surface area contributed by atoms with Gasteiger partial charge in [0, 0.05) is 43.5 Å². The Hall–Kier alpha value is -0.640. The van der Waals surface area contributed by atoms with Gasteiger partial charge >= 0.3 is 0 Å². The van der Waals surface area contributed by atoms with E-state index in [1.165, 1.54) is 31.5 Å². The molecule has 0 unspecified atom stereocenters. The lowest BCUT2D eigenvalue weighted by molar-refractivity contribution is -0.119. The molecule has 0 aliphatic carbocycles. The van der Waals surface area contributed by atoms with Crippen molar-refractivity contribution < 1.29 is 4.74 Å². The van der Waals surface area contributed by atoms with Gasteiger partial charge in [-0.2, -0.15) is 0 Å². The van der Waals surface area contributed by atoms with Crippen molar-refractivity contribution in [3.8, 4) is 0 Å². The van der Waals surface area contributed by atoms with Crippen molar-refractivity contribution in [2.75, 3.05) is 26.3 Å². The number of nitrogens with zero attached hydrogens (tertiary/aromatic N) is 2. The van der Waals surface area contributed by atoms with E-state index in [2.05, 4.69) is 29.8 Å². The predicted molar refractivity (Wildman–Crippen MR) is 76.3 cm³/mol. The van der Waals surface area contributed by atoms with Crippen LogP contribution in [0.2, 0.25) is 5.15 Å². The van der Waals surface area contributed by atoms with E-state index in [1.54, 1.807) is 0 Å². The molecule has 0 aromatic carbocycles. The minimum Gasteiger partial charge on any atom is -0.381 e. The summed E-state index contributed by atoms with van der Waals surface area (Å²) in [6.07, 6.45) is 4.31. The normalized spacial score (nSPS) is 23.3. The standard InChI is InChI=1S/C15H21ClN2O/c1-14(2,12-3-4-13(16)17-9-12)18-10-15(11-18)5-7-19-8-6-15/h3-4,9H,5-8,10-11H2,1-2H3. The summed E-state index contributed by atoms with van der Waals surface area (Å²) in [5.41, 5.74) is 1.77. The zero-order valence-electron chi connectivity index (χ0n) is 11.7. The molecule has 2 fully saturated rings. The lowest BCUT2D eigenvalue weighted by atomic mass is 9.70. The monoisotopic (exact) mass is 280 g/mol. The van der Waals surface area contributed by atoms with Gasteiger partial charge in [-0.25, -0.2) is 4.98 Å². The summed E-state index contributed by atoms with van der Waals surface area (Å²) in [6, 6.07) is 3.97. The number of halogens is 1. The number of rotatable bonds is 2. The molecule has 2 aliphatic rings. The van der Waals surface area contributed by atoms with E-state index in [0.29, 0.717) is 10.6 Å². The number of hydrogen-bond donors (Lipinski definition) is 0. The smallest absolute Gasteiger partial charge is 0.129 e. The van der Waals surface area contributed by atoms with E-state index in [1.807, 2.05) is 12.3 Å². The number of pyridine rings is 1. The van der Waals surface area contributed by atoms with Crippen LogP contribution < -0.4 is 0 Å². The quantitative estimate of drug-likeness (QED) is 0.779. The van der Waals surface area contributed by atoms with Crippen molar-refractivity contribution in [2.24, 2.45) is 5.41 Å². The van der Waals surface area contributed by atoms with Gasteiger partial charge in [-0.15, -0.1) is 0 Å². The van der Waals surface area contributed by atoms with Gasteiger partial charge in [0.15, 0.2) is 0 Å². The highest BCUT2D eigenvalue weighted by Gasteiger charge is 2.48. The summed E-state index contributed by atoms with van der Waals surface area (Å²) >= 11 is 5.87. The Morgan fingerprint density at radius 2 is 1.95 bits per heavy atom. The lowest BCUT2D eigenvalue weighted by Gasteiger charge is -2.58. The first kappa shape index (κ1) is 13.3. The summed E-state index contributed by atoms with van der Waals surface area (Å²) in [5.74, 6) is 0. The van der Waals surface area contributed by atoms with Crippen LogP contribution in [0.15, 0.2) is 18.3 Å². The molecule has 4 heteroatoms. The van der Waals surface area contributed by atoms with Crippen LogP contribution in [0.1, 0.15) is 32.3 Å². The van der Waals surface area contributed by atoms with Crippen LogP contribution in [0.5, 0.6) is 0 Å². The molecule has 1 aromatic heterocycles. The molecule has 3 heterocycles. The number of ether oxygens (including phenoxy) is 1. The Balaban J connectivity index is 1.71. The second-order valence-electron chi connectivity index (χ2n) is 6.40. The van der Waals surface area contributed by atoms with Gasteiger partial charge in [0.25, 0.3) is 0 Å². The summed E-state index contributed by atoms with van der Waals surface area (Å²) < 4.78 is 5.48. The molecule has 1 aromatic rings. The van der Waals surface area contributed by atoms with Crippen LogP contribution in [-0.4, -0.2) is 36.2 Å². The third-order valence-electron chi connectivity index (χ3n) is 4.83. The van der Waals surface area contributed by atoms with Crippen LogP contribution in [0.4, 0.5) is 0 Å². The second kappa shape index (κ2) is 4.72. The van der Waals surface area contributed by atoms with Gasteiger partial charge < -0.3 is 4.74 Å². The van der Waals surface area contributed by atoms with Gasteiger partial charge in [-0.1, -0.05) is 17.7 Å². The molecule has 0 bridgehead atoms. The minimum atomic E-state index is 0.0289.